The lowest BCUT2D eigenvalue weighted by atomic mass is 10.0. The number of nitriles is 1. The first-order valence-corrected chi connectivity index (χ1v) is 15.3. The zero-order valence-electron chi connectivity index (χ0n) is 24.2. The van der Waals surface area contributed by atoms with Gasteiger partial charge < -0.3 is 15.2 Å². The van der Waals surface area contributed by atoms with E-state index in [1.54, 1.807) is 17.5 Å². The van der Waals surface area contributed by atoms with Crippen molar-refractivity contribution in [1.82, 2.24) is 29.6 Å². The summed E-state index contributed by atoms with van der Waals surface area (Å²) in [7, 11) is 1.87. The van der Waals surface area contributed by atoms with Crippen LogP contribution in [0.4, 0.5) is 11.8 Å². The Kier molecular flexibility index (Phi) is 7.65. The quantitative estimate of drug-likeness (QED) is 0.199. The van der Waals surface area contributed by atoms with E-state index in [1.165, 1.54) is 21.4 Å². The van der Waals surface area contributed by atoms with E-state index in [9.17, 15) is 5.26 Å². The molecule has 5 aromatic rings. The number of hydrogen-bond acceptors (Lipinski definition) is 8. The molecular weight excluding hydrogens is 530 g/mol. The highest BCUT2D eigenvalue weighted by atomic mass is 32.1. The Morgan fingerprint density at radius 2 is 2.00 bits per heavy atom. The summed E-state index contributed by atoms with van der Waals surface area (Å²) in [5.74, 6) is 1.83. The third-order valence-electron chi connectivity index (χ3n) is 8.43. The van der Waals surface area contributed by atoms with Crippen molar-refractivity contribution in [2.45, 2.75) is 65.1 Å². The Bertz CT molecular complexity index is 1700. The molecule has 0 radical (unpaired) electrons. The summed E-state index contributed by atoms with van der Waals surface area (Å²) >= 11 is 1.75. The lowest BCUT2D eigenvalue weighted by molar-refractivity contribution is 0.211. The summed E-state index contributed by atoms with van der Waals surface area (Å²) in [5.41, 5.74) is 5.49. The van der Waals surface area contributed by atoms with Crippen LogP contribution in [0.3, 0.4) is 0 Å². The number of nitrogens with one attached hydrogen (secondary N) is 3. The highest BCUT2D eigenvalue weighted by Crippen LogP contribution is 2.32. The number of benzene rings is 1. The smallest absolute Gasteiger partial charge is 0.225 e. The molecule has 6 rings (SSSR count). The van der Waals surface area contributed by atoms with E-state index in [4.69, 9.17) is 4.98 Å². The fourth-order valence-corrected chi connectivity index (χ4v) is 6.90. The van der Waals surface area contributed by atoms with Crippen LogP contribution in [-0.2, 0) is 19.5 Å². The van der Waals surface area contributed by atoms with Crippen LogP contribution in [0.1, 0.15) is 60.0 Å². The molecule has 0 aliphatic carbocycles. The fraction of sp³-hybridized carbons (Fsp3) is 0.419. The molecule has 1 saturated heterocycles. The topological polar surface area (TPSA) is 110 Å². The van der Waals surface area contributed by atoms with Crippen LogP contribution in [0, 0.1) is 18.3 Å². The van der Waals surface area contributed by atoms with Gasteiger partial charge in [-0.05, 0) is 61.6 Å². The number of thiophene rings is 1. The van der Waals surface area contributed by atoms with Gasteiger partial charge in [0.15, 0.2) is 0 Å². The summed E-state index contributed by atoms with van der Waals surface area (Å²) in [4.78, 5) is 14.3. The number of aryl methyl sites for hydroxylation is 2. The van der Waals surface area contributed by atoms with Crippen LogP contribution in [0.5, 0.6) is 0 Å². The van der Waals surface area contributed by atoms with Gasteiger partial charge in [-0.1, -0.05) is 19.9 Å². The Hall–Kier alpha value is -3.94. The molecule has 0 bridgehead atoms. The summed E-state index contributed by atoms with van der Waals surface area (Å²) in [6.07, 6.45) is 4.91. The molecule has 1 unspecified atom stereocenters. The molecule has 5 heterocycles. The Morgan fingerprint density at radius 1 is 1.17 bits per heavy atom. The van der Waals surface area contributed by atoms with E-state index >= 15 is 0 Å². The van der Waals surface area contributed by atoms with Gasteiger partial charge in [-0.25, -0.2) is 4.98 Å². The van der Waals surface area contributed by atoms with Crippen LogP contribution in [0.25, 0.3) is 21.1 Å². The molecule has 1 fully saturated rings. The van der Waals surface area contributed by atoms with Gasteiger partial charge in [0.05, 0.1) is 5.39 Å². The van der Waals surface area contributed by atoms with Crippen LogP contribution < -0.4 is 10.6 Å². The third kappa shape index (κ3) is 5.39. The average Bonchev–Trinajstić information content (AvgIpc) is 3.75. The van der Waals surface area contributed by atoms with E-state index < -0.39 is 0 Å². The largest absolute Gasteiger partial charge is 0.367 e. The molecule has 9 nitrogen and oxygen atoms in total. The van der Waals surface area contributed by atoms with Crippen molar-refractivity contribution in [1.29, 1.82) is 5.26 Å². The molecule has 0 saturated carbocycles. The van der Waals surface area contributed by atoms with Crippen molar-refractivity contribution >= 4 is 44.2 Å². The second kappa shape index (κ2) is 11.5. The van der Waals surface area contributed by atoms with Gasteiger partial charge in [0.1, 0.15) is 22.4 Å². The lowest BCUT2D eigenvalue weighted by Gasteiger charge is -2.33. The highest BCUT2D eigenvalue weighted by molar-refractivity contribution is 7.18. The Labute approximate surface area is 244 Å². The van der Waals surface area contributed by atoms with E-state index in [2.05, 4.69) is 86.4 Å². The molecule has 1 aliphatic rings. The molecule has 3 N–H and O–H groups in total. The number of likely N-dealkylation sites (tertiary alicyclic amines) is 1. The number of nitrogens with zero attached hydrogens (tertiary/aromatic N) is 6. The molecule has 1 atom stereocenters. The van der Waals surface area contributed by atoms with Crippen molar-refractivity contribution in [3.05, 3.63) is 63.9 Å². The maximum Gasteiger partial charge on any atom is 0.225 e. The number of H-pyrrole nitrogens is 1. The first-order chi connectivity index (χ1) is 20.0. The van der Waals surface area contributed by atoms with Crippen LogP contribution in [-0.4, -0.2) is 55.8 Å². The number of piperidine rings is 1. The van der Waals surface area contributed by atoms with Crippen molar-refractivity contribution in [3.63, 3.8) is 0 Å². The van der Waals surface area contributed by atoms with Gasteiger partial charge in [0.25, 0.3) is 0 Å². The third-order valence-corrected chi connectivity index (χ3v) is 9.60. The van der Waals surface area contributed by atoms with Crippen LogP contribution >= 0.6 is 11.3 Å². The lowest BCUT2D eigenvalue weighted by Crippen LogP contribution is -2.39. The number of aromatic amines is 1. The van der Waals surface area contributed by atoms with Crippen LogP contribution in [0.15, 0.2) is 36.5 Å². The highest BCUT2D eigenvalue weighted by Gasteiger charge is 2.23. The number of anilines is 2. The zero-order valence-corrected chi connectivity index (χ0v) is 25.0. The van der Waals surface area contributed by atoms with Gasteiger partial charge in [-0.15, -0.1) is 11.3 Å². The van der Waals surface area contributed by atoms with Gasteiger partial charge in [0.2, 0.25) is 5.95 Å². The summed E-state index contributed by atoms with van der Waals surface area (Å²) in [5, 5.41) is 26.2. The minimum Gasteiger partial charge on any atom is -0.367 e. The Balaban J connectivity index is 1.14. The minimum atomic E-state index is 0.229. The van der Waals surface area contributed by atoms with Crippen molar-refractivity contribution < 1.29 is 0 Å². The molecule has 4 aromatic heterocycles. The predicted molar refractivity (Wildman–Crippen MR) is 167 cm³/mol. The first-order valence-electron chi connectivity index (χ1n) is 14.5. The van der Waals surface area contributed by atoms with Crippen molar-refractivity contribution in [3.8, 4) is 6.07 Å². The molecule has 1 aliphatic heterocycles. The van der Waals surface area contributed by atoms with E-state index in [0.717, 1.165) is 72.7 Å². The van der Waals surface area contributed by atoms with Gasteiger partial charge in [0, 0.05) is 72.9 Å². The molecule has 10 heteroatoms. The summed E-state index contributed by atoms with van der Waals surface area (Å²) in [6.45, 7) is 10.2. The normalized spacial score (nSPS) is 15.4. The summed E-state index contributed by atoms with van der Waals surface area (Å²) < 4.78 is 2.15. The predicted octanol–water partition coefficient (Wildman–Crippen LogP) is 6.03. The van der Waals surface area contributed by atoms with E-state index in [0.29, 0.717) is 17.7 Å². The number of hydrogen-bond donors (Lipinski definition) is 3. The van der Waals surface area contributed by atoms with Crippen molar-refractivity contribution in [2.75, 3.05) is 30.8 Å². The molecular formula is C31H37N9S. The fourth-order valence-electron chi connectivity index (χ4n) is 5.93. The average molecular weight is 568 g/mol. The van der Waals surface area contributed by atoms with E-state index in [1.807, 2.05) is 13.1 Å². The van der Waals surface area contributed by atoms with E-state index in [-0.39, 0.29) is 5.92 Å². The second-order valence-corrected chi connectivity index (χ2v) is 12.2. The zero-order chi connectivity index (χ0) is 28.5. The molecule has 41 heavy (non-hydrogen) atoms. The number of aromatic nitrogens is 5. The van der Waals surface area contributed by atoms with Gasteiger partial charge in [-0.3, -0.25) is 10.00 Å². The standard InChI is InChI=1S/C31H37N9S/c1-5-24-15-26-29(36-31(33-4)37-30(26)41-24)35-22-9-12-39(13-10-22)18-21-6-7-28-25(20(21)3)14-23(16-32)40(28)17-19(2)27-8-11-34-38-27/h6-8,11,14-15,19,22H,5,9-10,12-13,17-18H2,1-4H3,(H,34,38)(H2,33,35,36,37). The summed E-state index contributed by atoms with van der Waals surface area (Å²) in [6, 6.07) is 13.5. The number of fused-ring (bicyclic) bond motifs is 2. The Morgan fingerprint density at radius 3 is 2.71 bits per heavy atom. The maximum absolute atomic E-state index is 9.90. The SMILES string of the molecule is CCc1cc2c(NC3CCN(Cc4ccc5c(cc(C#N)n5CC(C)c5ccn[nH]5)c4C)CC3)nc(NC)nc2s1. The molecule has 1 aromatic carbocycles. The first kappa shape index (κ1) is 27.2. The second-order valence-electron chi connectivity index (χ2n) is 11.1. The van der Waals surface area contributed by atoms with Crippen molar-refractivity contribution in [2.24, 2.45) is 0 Å². The van der Waals surface area contributed by atoms with Gasteiger partial charge >= 0.3 is 0 Å². The monoisotopic (exact) mass is 567 g/mol. The number of rotatable bonds is 9. The van der Waals surface area contributed by atoms with Crippen LogP contribution in [0.2, 0.25) is 0 Å². The minimum absolute atomic E-state index is 0.229. The molecule has 212 valence electrons. The molecule has 0 amide bonds. The maximum atomic E-state index is 9.90. The molecule has 0 spiro atoms. The van der Waals surface area contributed by atoms with Gasteiger partial charge in [-0.2, -0.15) is 15.3 Å².